The van der Waals surface area contributed by atoms with Gasteiger partial charge in [-0.2, -0.15) is 0 Å². The Morgan fingerprint density at radius 1 is 1.23 bits per heavy atom. The van der Waals surface area contributed by atoms with Crippen LogP contribution in [0.25, 0.3) is 0 Å². The summed E-state index contributed by atoms with van der Waals surface area (Å²) in [6.45, 7) is 0.675. The third kappa shape index (κ3) is 3.40. The highest BCUT2D eigenvalue weighted by molar-refractivity contribution is 6.48. The first-order valence-corrected chi connectivity index (χ1v) is 7.25. The Morgan fingerprint density at radius 3 is 2.54 bits per heavy atom. The second kappa shape index (κ2) is 5.29. The lowest BCUT2D eigenvalue weighted by Crippen LogP contribution is -2.07. The summed E-state index contributed by atoms with van der Waals surface area (Å²) in [6, 6.07) is 7.97. The average molecular weight is 194 g/mol. The number of hydrogen-bond donors (Lipinski definition) is 0. The number of benzene rings is 1. The van der Waals surface area contributed by atoms with Gasteiger partial charge in [0.25, 0.3) is 0 Å². The second-order valence-electron chi connectivity index (χ2n) is 3.17. The van der Waals surface area contributed by atoms with Gasteiger partial charge in [-0.1, -0.05) is 18.2 Å². The van der Waals surface area contributed by atoms with Crippen LogP contribution in [-0.4, -0.2) is 21.6 Å². The van der Waals surface area contributed by atoms with Gasteiger partial charge in [-0.15, -0.1) is 0 Å². The molecule has 2 nitrogen and oxygen atoms in total. The molecule has 0 heterocycles. The van der Waals surface area contributed by atoms with Crippen LogP contribution in [0.1, 0.15) is 5.56 Å². The molecule has 1 radical (unpaired) electrons. The monoisotopic (exact) mass is 194 g/mol. The van der Waals surface area contributed by atoms with Gasteiger partial charge < -0.3 is 8.53 Å². The average Bonchev–Trinajstić information content (AvgIpc) is 2.15. The van der Waals surface area contributed by atoms with Crippen LogP contribution < -0.4 is 4.74 Å². The summed E-state index contributed by atoms with van der Waals surface area (Å²) in [6.07, 6.45) is 0. The van der Waals surface area contributed by atoms with Crippen molar-refractivity contribution in [3.05, 3.63) is 29.8 Å². The van der Waals surface area contributed by atoms with E-state index in [1.807, 2.05) is 24.3 Å². The van der Waals surface area contributed by atoms with Gasteiger partial charge in [-0.3, -0.25) is 0 Å². The SMILES string of the molecule is COc1ccccc1C[O][Al-]([CH3])[CH3]. The van der Waals surface area contributed by atoms with Crippen LogP contribution in [0.4, 0.5) is 0 Å². The highest BCUT2D eigenvalue weighted by Gasteiger charge is 1.98. The van der Waals surface area contributed by atoms with E-state index in [4.69, 9.17) is 8.53 Å². The molecular weight excluding hydrogens is 179 g/mol. The van der Waals surface area contributed by atoms with Crippen molar-refractivity contribution in [2.75, 3.05) is 7.11 Å². The van der Waals surface area contributed by atoms with Crippen molar-refractivity contribution in [2.24, 2.45) is 0 Å². The third-order valence-electron chi connectivity index (χ3n) is 1.76. The number of hydrogen-bond acceptors (Lipinski definition) is 2. The van der Waals surface area contributed by atoms with E-state index < -0.39 is 14.5 Å². The van der Waals surface area contributed by atoms with Crippen molar-refractivity contribution < 1.29 is 8.53 Å². The summed E-state index contributed by atoms with van der Waals surface area (Å²) in [7, 11) is 1.69. The Morgan fingerprint density at radius 2 is 1.92 bits per heavy atom. The molecule has 0 saturated carbocycles. The fraction of sp³-hybridized carbons (Fsp3) is 0.400. The van der Waals surface area contributed by atoms with Crippen molar-refractivity contribution in [2.45, 2.75) is 18.2 Å². The zero-order valence-electron chi connectivity index (χ0n) is 8.41. The first-order valence-electron chi connectivity index (χ1n) is 4.47. The fourth-order valence-electron chi connectivity index (χ4n) is 1.08. The Hall–Kier alpha value is -0.488. The maximum atomic E-state index is 5.63. The summed E-state index contributed by atoms with van der Waals surface area (Å²) < 4.78 is 10.8. The lowest BCUT2D eigenvalue weighted by atomic mass is 10.2. The van der Waals surface area contributed by atoms with E-state index >= 15 is 0 Å². The van der Waals surface area contributed by atoms with Gasteiger partial charge in [0.1, 0.15) is 20.2 Å². The van der Waals surface area contributed by atoms with Gasteiger partial charge in [-0.05, 0) is 6.07 Å². The summed E-state index contributed by atoms with van der Waals surface area (Å²) in [5.74, 6) is 5.24. The fourth-order valence-corrected chi connectivity index (χ4v) is 1.59. The number of ether oxygens (including phenoxy) is 1. The molecule has 1 aromatic rings. The maximum absolute atomic E-state index is 5.63. The van der Waals surface area contributed by atoms with Crippen molar-refractivity contribution in [1.29, 1.82) is 0 Å². The Balaban J connectivity index is 2.64. The van der Waals surface area contributed by atoms with Crippen LogP contribution >= 0.6 is 0 Å². The topological polar surface area (TPSA) is 18.5 Å². The highest BCUT2D eigenvalue weighted by Crippen LogP contribution is 2.18. The minimum atomic E-state index is -0.928. The molecular formula is C10H15AlO2-. The van der Waals surface area contributed by atoms with Gasteiger partial charge >= 0.3 is 0 Å². The molecule has 0 atom stereocenters. The van der Waals surface area contributed by atoms with Crippen molar-refractivity contribution >= 4 is 14.5 Å². The molecule has 0 amide bonds. The molecule has 0 fully saturated rings. The predicted octanol–water partition coefficient (Wildman–Crippen LogP) is 2.46. The molecule has 0 bridgehead atoms. The predicted molar refractivity (Wildman–Crippen MR) is 55.3 cm³/mol. The molecule has 1 aromatic carbocycles. The second-order valence-corrected chi connectivity index (χ2v) is 5.60. The van der Waals surface area contributed by atoms with Crippen LogP contribution in [-0.2, 0) is 10.4 Å². The standard InChI is InChI=1S/C8H9O2.2CH3.Al/c1-10-8-5-3-2-4-7(8)6-9;;;/h2-5H,6H2,1H3;2*1H3;/q-1;;;. The van der Waals surface area contributed by atoms with Crippen molar-refractivity contribution in [3.63, 3.8) is 0 Å². The number of rotatable bonds is 4. The van der Waals surface area contributed by atoms with E-state index in [2.05, 4.69) is 11.6 Å². The lowest BCUT2D eigenvalue weighted by Gasteiger charge is -2.18. The van der Waals surface area contributed by atoms with Gasteiger partial charge in [0.05, 0.1) is 7.11 Å². The van der Waals surface area contributed by atoms with E-state index in [9.17, 15) is 0 Å². The molecule has 0 aliphatic heterocycles. The zero-order valence-corrected chi connectivity index (χ0v) is 9.57. The van der Waals surface area contributed by atoms with Gasteiger partial charge in [-0.25, -0.2) is 11.6 Å². The Labute approximate surface area is 84.2 Å². The van der Waals surface area contributed by atoms with E-state index in [1.54, 1.807) is 7.11 Å². The quantitative estimate of drug-likeness (QED) is 0.685. The molecule has 0 spiro atoms. The zero-order chi connectivity index (χ0) is 9.68. The first-order chi connectivity index (χ1) is 6.24. The molecule has 0 saturated heterocycles. The Bertz CT molecular complexity index is 261. The van der Waals surface area contributed by atoms with Crippen LogP contribution in [0.15, 0.2) is 24.3 Å². The smallest absolute Gasteiger partial charge is 0.129 e. The number of methoxy groups -OCH3 is 1. The summed E-state index contributed by atoms with van der Waals surface area (Å²) in [5.41, 5.74) is 1.13. The minimum absolute atomic E-state index is 0.675. The van der Waals surface area contributed by atoms with E-state index in [-0.39, 0.29) is 0 Å². The van der Waals surface area contributed by atoms with E-state index in [0.717, 1.165) is 11.3 Å². The van der Waals surface area contributed by atoms with E-state index in [1.165, 1.54) is 0 Å². The van der Waals surface area contributed by atoms with Crippen LogP contribution in [0, 0.1) is 0 Å². The maximum Gasteiger partial charge on any atom is 0.129 e. The summed E-state index contributed by atoms with van der Waals surface area (Å²) in [4.78, 5) is 0. The molecule has 0 aromatic heterocycles. The van der Waals surface area contributed by atoms with Crippen LogP contribution in [0.5, 0.6) is 5.75 Å². The number of para-hydroxylation sites is 1. The molecule has 71 valence electrons. The van der Waals surface area contributed by atoms with Crippen LogP contribution in [0.2, 0.25) is 11.6 Å². The largest absolute Gasteiger partial charge is 0.675 e. The van der Waals surface area contributed by atoms with E-state index in [0.29, 0.717) is 6.61 Å². The molecule has 0 N–H and O–H groups in total. The molecule has 13 heavy (non-hydrogen) atoms. The summed E-state index contributed by atoms with van der Waals surface area (Å²) in [5, 5.41) is 0. The van der Waals surface area contributed by atoms with Gasteiger partial charge in [0, 0.05) is 12.2 Å². The minimum Gasteiger partial charge on any atom is -0.675 e. The third-order valence-corrected chi connectivity index (χ3v) is 2.60. The van der Waals surface area contributed by atoms with Gasteiger partial charge in [0.2, 0.25) is 0 Å². The molecule has 3 heteroatoms. The highest BCUT2D eigenvalue weighted by atomic mass is 27.2. The van der Waals surface area contributed by atoms with Crippen molar-refractivity contribution in [1.82, 2.24) is 0 Å². The first kappa shape index (κ1) is 10.6. The molecule has 0 unspecified atom stereocenters. The normalized spacial score (nSPS) is 10.5. The molecule has 0 aliphatic rings. The molecule has 0 aliphatic carbocycles. The van der Waals surface area contributed by atoms with Gasteiger partial charge in [0.15, 0.2) is 0 Å². The van der Waals surface area contributed by atoms with Crippen molar-refractivity contribution in [3.8, 4) is 5.75 Å². The van der Waals surface area contributed by atoms with Crippen LogP contribution in [0.3, 0.4) is 0 Å². The Kier molecular flexibility index (Phi) is 4.31. The lowest BCUT2D eigenvalue weighted by molar-refractivity contribution is 0.304. The summed E-state index contributed by atoms with van der Waals surface area (Å²) >= 11 is -0.928. The molecule has 1 rings (SSSR count).